The summed E-state index contributed by atoms with van der Waals surface area (Å²) in [5.74, 6) is 1.51. The molecule has 6 nitrogen and oxygen atoms in total. The summed E-state index contributed by atoms with van der Waals surface area (Å²) < 4.78 is 10.9. The molecule has 1 aromatic heterocycles. The van der Waals surface area contributed by atoms with E-state index in [0.717, 1.165) is 41.0 Å². The predicted molar refractivity (Wildman–Crippen MR) is 130 cm³/mol. The first-order valence-corrected chi connectivity index (χ1v) is 11.8. The summed E-state index contributed by atoms with van der Waals surface area (Å²) in [5, 5.41) is 0. The van der Waals surface area contributed by atoms with E-state index in [1.165, 1.54) is 0 Å². The molecule has 2 aromatic carbocycles. The van der Waals surface area contributed by atoms with Gasteiger partial charge in [0.05, 0.1) is 37.1 Å². The number of aryl methyl sites for hydroxylation is 1. The molecule has 5 rings (SSSR count). The minimum atomic E-state index is -0.727. The van der Waals surface area contributed by atoms with Crippen LogP contribution in [0.1, 0.15) is 42.1 Å². The second kappa shape index (κ2) is 9.29. The van der Waals surface area contributed by atoms with Crippen LogP contribution in [0.5, 0.6) is 5.75 Å². The zero-order chi connectivity index (χ0) is 23.5. The maximum absolute atomic E-state index is 14.2. The lowest BCUT2D eigenvalue weighted by Crippen LogP contribution is -2.47. The molecule has 0 aliphatic carbocycles. The van der Waals surface area contributed by atoms with E-state index in [2.05, 4.69) is 30.1 Å². The highest BCUT2D eigenvalue weighted by Gasteiger charge is 2.45. The average molecular weight is 456 g/mol. The van der Waals surface area contributed by atoms with E-state index >= 15 is 0 Å². The van der Waals surface area contributed by atoms with Crippen LogP contribution in [0, 0.1) is 6.92 Å². The minimum Gasteiger partial charge on any atom is -0.501 e. The van der Waals surface area contributed by atoms with Gasteiger partial charge in [-0.05, 0) is 49.6 Å². The number of methoxy groups -OCH3 is 1. The standard InChI is InChI=1S/C28H29N3O3/c1-20-6-3-8-22(18-20)28(12-16-34-17-13-28)27(32)31-15-5-10-25(31)24-11-14-29-26(30-24)21-7-4-9-23(19-21)33-2/h3-4,6-9,11-12,14,16,18-19,25H,5,10,13,15,17H2,1-2H3. The van der Waals surface area contributed by atoms with Gasteiger partial charge in [-0.15, -0.1) is 0 Å². The average Bonchev–Trinajstić information content (AvgIpc) is 3.39. The molecule has 1 fully saturated rings. The molecule has 2 atom stereocenters. The maximum atomic E-state index is 14.2. The van der Waals surface area contributed by atoms with Crippen LogP contribution in [0.15, 0.2) is 73.1 Å². The number of carbonyl (C=O) groups excluding carboxylic acids is 1. The monoisotopic (exact) mass is 455 g/mol. The molecule has 0 saturated carbocycles. The van der Waals surface area contributed by atoms with Crippen molar-refractivity contribution in [1.29, 1.82) is 0 Å². The maximum Gasteiger partial charge on any atom is 0.237 e. The topological polar surface area (TPSA) is 64.5 Å². The van der Waals surface area contributed by atoms with Gasteiger partial charge in [-0.1, -0.05) is 42.0 Å². The van der Waals surface area contributed by atoms with Crippen molar-refractivity contribution >= 4 is 5.91 Å². The normalized spacial score (nSPS) is 21.8. The zero-order valence-electron chi connectivity index (χ0n) is 19.6. The molecular formula is C28H29N3O3. The molecular weight excluding hydrogens is 426 g/mol. The number of hydrogen-bond acceptors (Lipinski definition) is 5. The number of nitrogens with zero attached hydrogens (tertiary/aromatic N) is 3. The van der Waals surface area contributed by atoms with Crippen LogP contribution in [-0.2, 0) is 14.9 Å². The molecule has 6 heteroatoms. The highest BCUT2D eigenvalue weighted by atomic mass is 16.5. The van der Waals surface area contributed by atoms with Crippen LogP contribution in [0.4, 0.5) is 0 Å². The van der Waals surface area contributed by atoms with Crippen molar-refractivity contribution < 1.29 is 14.3 Å². The van der Waals surface area contributed by atoms with Crippen molar-refractivity contribution in [2.24, 2.45) is 0 Å². The van der Waals surface area contributed by atoms with E-state index in [1.54, 1.807) is 19.6 Å². The van der Waals surface area contributed by atoms with Gasteiger partial charge >= 0.3 is 0 Å². The van der Waals surface area contributed by atoms with Gasteiger partial charge in [-0.3, -0.25) is 4.79 Å². The second-order valence-corrected chi connectivity index (χ2v) is 8.96. The third kappa shape index (κ3) is 4.04. The Hall–Kier alpha value is -3.67. The van der Waals surface area contributed by atoms with Gasteiger partial charge in [0, 0.05) is 24.7 Å². The molecule has 0 N–H and O–H groups in total. The van der Waals surface area contributed by atoms with Crippen LogP contribution < -0.4 is 4.74 Å². The quantitative estimate of drug-likeness (QED) is 0.542. The van der Waals surface area contributed by atoms with Crippen LogP contribution in [0.25, 0.3) is 11.4 Å². The number of likely N-dealkylation sites (tertiary alicyclic amines) is 1. The van der Waals surface area contributed by atoms with Crippen molar-refractivity contribution in [2.75, 3.05) is 20.3 Å². The summed E-state index contributed by atoms with van der Waals surface area (Å²) in [5.41, 5.74) is 3.19. The van der Waals surface area contributed by atoms with Gasteiger partial charge in [0.2, 0.25) is 5.91 Å². The SMILES string of the molecule is COc1cccc(-c2nccc(C3CCCN3C(=O)C3(c4cccc(C)c4)C=COCC3)n2)c1. The molecule has 3 aromatic rings. The zero-order valence-corrected chi connectivity index (χ0v) is 19.6. The lowest BCUT2D eigenvalue weighted by molar-refractivity contribution is -0.137. The van der Waals surface area contributed by atoms with Gasteiger partial charge < -0.3 is 14.4 Å². The molecule has 2 unspecified atom stereocenters. The minimum absolute atomic E-state index is 0.0854. The third-order valence-electron chi connectivity index (χ3n) is 6.84. The molecule has 2 aliphatic heterocycles. The number of rotatable bonds is 5. The van der Waals surface area contributed by atoms with Gasteiger partial charge in [0.25, 0.3) is 0 Å². The van der Waals surface area contributed by atoms with Gasteiger partial charge in [0.15, 0.2) is 5.82 Å². The Kier molecular flexibility index (Phi) is 6.05. The van der Waals surface area contributed by atoms with Crippen LogP contribution in [0.2, 0.25) is 0 Å². The Bertz CT molecular complexity index is 1220. The number of carbonyl (C=O) groups is 1. The molecule has 174 valence electrons. The fraction of sp³-hybridized carbons (Fsp3) is 0.321. The molecule has 1 amide bonds. The van der Waals surface area contributed by atoms with E-state index in [0.29, 0.717) is 25.4 Å². The van der Waals surface area contributed by atoms with Crippen LogP contribution in [-0.4, -0.2) is 41.0 Å². The lowest BCUT2D eigenvalue weighted by Gasteiger charge is -2.38. The number of hydrogen-bond donors (Lipinski definition) is 0. The molecule has 3 heterocycles. The largest absolute Gasteiger partial charge is 0.501 e. The van der Waals surface area contributed by atoms with E-state index in [-0.39, 0.29) is 11.9 Å². The molecule has 2 aliphatic rings. The van der Waals surface area contributed by atoms with Crippen molar-refractivity contribution in [3.63, 3.8) is 0 Å². The Labute approximate surface area is 200 Å². The molecule has 1 saturated heterocycles. The number of ether oxygens (including phenoxy) is 2. The Morgan fingerprint density at radius 1 is 1.18 bits per heavy atom. The van der Waals surface area contributed by atoms with E-state index in [4.69, 9.17) is 14.5 Å². The van der Waals surface area contributed by atoms with Gasteiger partial charge in [-0.25, -0.2) is 9.97 Å². The van der Waals surface area contributed by atoms with Crippen LogP contribution >= 0.6 is 0 Å². The fourth-order valence-electron chi connectivity index (χ4n) is 5.03. The first-order valence-electron chi connectivity index (χ1n) is 11.8. The predicted octanol–water partition coefficient (Wildman–Crippen LogP) is 5.00. The first-order chi connectivity index (χ1) is 16.6. The van der Waals surface area contributed by atoms with E-state index in [9.17, 15) is 4.79 Å². The van der Waals surface area contributed by atoms with Crippen molar-refractivity contribution in [2.45, 2.75) is 37.6 Å². The molecule has 0 spiro atoms. The van der Waals surface area contributed by atoms with E-state index in [1.807, 2.05) is 47.4 Å². The van der Waals surface area contributed by atoms with E-state index < -0.39 is 5.41 Å². The summed E-state index contributed by atoms with van der Waals surface area (Å²) in [6.07, 6.45) is 7.84. The Balaban J connectivity index is 1.49. The highest BCUT2D eigenvalue weighted by molar-refractivity contribution is 5.91. The van der Waals surface area contributed by atoms with Gasteiger partial charge in [-0.2, -0.15) is 0 Å². The van der Waals surface area contributed by atoms with Crippen molar-refractivity contribution in [3.05, 3.63) is 90.0 Å². The lowest BCUT2D eigenvalue weighted by atomic mass is 9.75. The Morgan fingerprint density at radius 3 is 2.85 bits per heavy atom. The Morgan fingerprint density at radius 2 is 2.06 bits per heavy atom. The summed E-state index contributed by atoms with van der Waals surface area (Å²) in [7, 11) is 1.65. The molecule has 0 bridgehead atoms. The highest BCUT2D eigenvalue weighted by Crippen LogP contribution is 2.40. The number of benzene rings is 2. The number of amides is 1. The number of aromatic nitrogens is 2. The van der Waals surface area contributed by atoms with Crippen molar-refractivity contribution in [1.82, 2.24) is 14.9 Å². The van der Waals surface area contributed by atoms with Crippen molar-refractivity contribution in [3.8, 4) is 17.1 Å². The summed E-state index contributed by atoms with van der Waals surface area (Å²) in [6, 6.07) is 17.8. The second-order valence-electron chi connectivity index (χ2n) is 8.96. The first kappa shape index (κ1) is 22.1. The smallest absolute Gasteiger partial charge is 0.237 e. The summed E-state index contributed by atoms with van der Waals surface area (Å²) >= 11 is 0. The molecule has 0 radical (unpaired) electrons. The summed E-state index contributed by atoms with van der Waals surface area (Å²) in [6.45, 7) is 3.29. The molecule has 34 heavy (non-hydrogen) atoms. The summed E-state index contributed by atoms with van der Waals surface area (Å²) in [4.78, 5) is 25.6. The third-order valence-corrected chi connectivity index (χ3v) is 6.84. The fourth-order valence-corrected chi connectivity index (χ4v) is 5.03. The van der Waals surface area contributed by atoms with Gasteiger partial charge in [0.1, 0.15) is 5.75 Å². The van der Waals surface area contributed by atoms with Crippen LogP contribution in [0.3, 0.4) is 0 Å².